The lowest BCUT2D eigenvalue weighted by molar-refractivity contribution is 0.0982. The number of carbonyl (C=O) groups excluding carboxylic acids is 1. The molecule has 1 aliphatic heterocycles. The van der Waals surface area contributed by atoms with Crippen LogP contribution in [0.15, 0.2) is 42.6 Å². The smallest absolute Gasteiger partial charge is 0.274 e. The molecule has 108 valence electrons. The van der Waals surface area contributed by atoms with Gasteiger partial charge in [-0.2, -0.15) is 0 Å². The molecule has 0 atom stereocenters. The maximum atomic E-state index is 12.6. The molecule has 2 aromatic rings. The second kappa shape index (κ2) is 4.95. The van der Waals surface area contributed by atoms with Gasteiger partial charge in [0.15, 0.2) is 0 Å². The zero-order valence-corrected chi connectivity index (χ0v) is 12.0. The number of para-hydroxylation sites is 2. The number of nitrogens with zero attached hydrogens (tertiary/aromatic N) is 2. The van der Waals surface area contributed by atoms with Crippen LogP contribution in [0.3, 0.4) is 0 Å². The van der Waals surface area contributed by atoms with Gasteiger partial charge in [0.05, 0.1) is 11.4 Å². The molecule has 1 aromatic heterocycles. The number of aromatic nitrogens is 1. The Hall–Kier alpha value is -2.23. The number of hydrogen-bond acceptors (Lipinski definition) is 2. The summed E-state index contributed by atoms with van der Waals surface area (Å²) < 4.78 is 0. The van der Waals surface area contributed by atoms with Crippen LogP contribution in [0.5, 0.6) is 0 Å². The van der Waals surface area contributed by atoms with Crippen LogP contribution in [0.2, 0.25) is 0 Å². The molecule has 1 N–H and O–H groups in total. The molecule has 1 aliphatic carbocycles. The Morgan fingerprint density at radius 3 is 2.62 bits per heavy atom. The average molecular weight is 281 g/mol. The van der Waals surface area contributed by atoms with Crippen LogP contribution < -0.4 is 9.80 Å². The highest BCUT2D eigenvalue weighted by Crippen LogP contribution is 2.37. The number of rotatable bonds is 3. The minimum atomic E-state index is 0.0542. The second-order valence-electron chi connectivity index (χ2n) is 5.92. The molecule has 4 heteroatoms. The lowest BCUT2D eigenvalue weighted by Gasteiger charge is -2.37. The lowest BCUT2D eigenvalue weighted by Crippen LogP contribution is -2.44. The quantitative estimate of drug-likeness (QED) is 0.939. The molecule has 2 aliphatic rings. The van der Waals surface area contributed by atoms with Crippen molar-refractivity contribution in [2.75, 3.05) is 29.4 Å². The van der Waals surface area contributed by atoms with E-state index in [0.29, 0.717) is 5.69 Å². The Morgan fingerprint density at radius 2 is 1.90 bits per heavy atom. The lowest BCUT2D eigenvalue weighted by atomic mass is 10.1. The minimum Gasteiger partial charge on any atom is -0.368 e. The Balaban J connectivity index is 1.65. The molecule has 0 bridgehead atoms. The molecule has 1 saturated carbocycles. The molecule has 1 aromatic carbocycles. The van der Waals surface area contributed by atoms with Gasteiger partial charge in [-0.15, -0.1) is 0 Å². The molecule has 4 nitrogen and oxygen atoms in total. The summed E-state index contributed by atoms with van der Waals surface area (Å²) in [6.07, 6.45) is 4.50. The maximum Gasteiger partial charge on any atom is 0.274 e. The Morgan fingerprint density at radius 1 is 1.10 bits per heavy atom. The minimum absolute atomic E-state index is 0.0542. The Labute approximate surface area is 124 Å². The van der Waals surface area contributed by atoms with E-state index in [-0.39, 0.29) is 5.91 Å². The molecule has 0 saturated heterocycles. The summed E-state index contributed by atoms with van der Waals surface area (Å²) >= 11 is 0. The van der Waals surface area contributed by atoms with E-state index in [1.807, 2.05) is 23.1 Å². The van der Waals surface area contributed by atoms with E-state index >= 15 is 0 Å². The van der Waals surface area contributed by atoms with Gasteiger partial charge >= 0.3 is 0 Å². The fraction of sp³-hybridized carbons (Fsp3) is 0.353. The SMILES string of the molecule is O=C(c1ccc[nH]1)N1CCN(CC2CC2)c2ccccc21. The van der Waals surface area contributed by atoms with Crippen molar-refractivity contribution in [1.82, 2.24) is 4.98 Å². The highest BCUT2D eigenvalue weighted by molar-refractivity contribution is 6.07. The standard InChI is InChI=1S/C17H19N3O/c21-17(14-4-3-9-18-14)20-11-10-19(12-13-7-8-13)15-5-1-2-6-16(15)20/h1-6,9,13,18H,7-8,10-12H2. The highest BCUT2D eigenvalue weighted by atomic mass is 16.2. The van der Waals surface area contributed by atoms with Gasteiger partial charge in [0, 0.05) is 25.8 Å². The maximum absolute atomic E-state index is 12.6. The van der Waals surface area contributed by atoms with Gasteiger partial charge in [-0.3, -0.25) is 4.79 Å². The van der Waals surface area contributed by atoms with E-state index in [1.54, 1.807) is 6.20 Å². The summed E-state index contributed by atoms with van der Waals surface area (Å²) in [7, 11) is 0. The predicted molar refractivity (Wildman–Crippen MR) is 83.8 cm³/mol. The van der Waals surface area contributed by atoms with Crippen LogP contribution in [0, 0.1) is 5.92 Å². The first-order valence-electron chi connectivity index (χ1n) is 7.62. The van der Waals surface area contributed by atoms with Crippen LogP contribution in [0.1, 0.15) is 23.3 Å². The topological polar surface area (TPSA) is 39.3 Å². The number of carbonyl (C=O) groups is 1. The van der Waals surface area contributed by atoms with Gasteiger partial charge in [-0.25, -0.2) is 0 Å². The van der Waals surface area contributed by atoms with Crippen LogP contribution in [-0.4, -0.2) is 30.5 Å². The van der Waals surface area contributed by atoms with Crippen molar-refractivity contribution in [1.29, 1.82) is 0 Å². The van der Waals surface area contributed by atoms with Crippen molar-refractivity contribution >= 4 is 17.3 Å². The normalized spacial score (nSPS) is 17.7. The molecule has 2 heterocycles. The van der Waals surface area contributed by atoms with Crippen LogP contribution in [-0.2, 0) is 0 Å². The molecule has 21 heavy (non-hydrogen) atoms. The number of hydrogen-bond donors (Lipinski definition) is 1. The summed E-state index contributed by atoms with van der Waals surface area (Å²) in [5.74, 6) is 0.905. The second-order valence-corrected chi connectivity index (χ2v) is 5.92. The monoisotopic (exact) mass is 281 g/mol. The van der Waals surface area contributed by atoms with Gasteiger partial charge in [0.1, 0.15) is 5.69 Å². The van der Waals surface area contributed by atoms with E-state index in [2.05, 4.69) is 28.1 Å². The van der Waals surface area contributed by atoms with E-state index < -0.39 is 0 Å². The van der Waals surface area contributed by atoms with Crippen LogP contribution in [0.4, 0.5) is 11.4 Å². The van der Waals surface area contributed by atoms with Gasteiger partial charge < -0.3 is 14.8 Å². The number of nitrogens with one attached hydrogen (secondary N) is 1. The molecular weight excluding hydrogens is 262 g/mol. The van der Waals surface area contributed by atoms with Gasteiger partial charge in [0.2, 0.25) is 0 Å². The number of benzene rings is 1. The third-order valence-corrected chi connectivity index (χ3v) is 4.36. The fourth-order valence-electron chi connectivity index (χ4n) is 3.04. The number of H-pyrrole nitrogens is 1. The fourth-order valence-corrected chi connectivity index (χ4v) is 3.04. The summed E-state index contributed by atoms with van der Waals surface area (Å²) in [5.41, 5.74) is 2.88. The molecule has 0 unspecified atom stereocenters. The van der Waals surface area contributed by atoms with Crippen molar-refractivity contribution in [3.63, 3.8) is 0 Å². The van der Waals surface area contributed by atoms with Crippen molar-refractivity contribution in [2.45, 2.75) is 12.8 Å². The third-order valence-electron chi connectivity index (χ3n) is 4.36. The molecular formula is C17H19N3O. The third kappa shape index (κ3) is 2.31. The summed E-state index contributed by atoms with van der Waals surface area (Å²) in [6.45, 7) is 2.79. The summed E-state index contributed by atoms with van der Waals surface area (Å²) in [4.78, 5) is 20.0. The zero-order valence-electron chi connectivity index (χ0n) is 12.0. The predicted octanol–water partition coefficient (Wildman–Crippen LogP) is 2.89. The highest BCUT2D eigenvalue weighted by Gasteiger charge is 2.31. The molecule has 1 amide bonds. The van der Waals surface area contributed by atoms with E-state index in [9.17, 15) is 4.79 Å². The first-order valence-corrected chi connectivity index (χ1v) is 7.62. The van der Waals surface area contributed by atoms with E-state index in [0.717, 1.165) is 31.2 Å². The molecule has 4 rings (SSSR count). The van der Waals surface area contributed by atoms with Gasteiger partial charge in [-0.05, 0) is 43.0 Å². The van der Waals surface area contributed by atoms with Gasteiger partial charge in [0.25, 0.3) is 5.91 Å². The van der Waals surface area contributed by atoms with Gasteiger partial charge in [-0.1, -0.05) is 12.1 Å². The first kappa shape index (κ1) is 12.5. The number of amides is 1. The van der Waals surface area contributed by atoms with E-state index in [1.165, 1.54) is 18.5 Å². The number of fused-ring (bicyclic) bond motifs is 1. The Kier molecular flexibility index (Phi) is 2.95. The van der Waals surface area contributed by atoms with Crippen LogP contribution in [0.25, 0.3) is 0 Å². The van der Waals surface area contributed by atoms with Crippen molar-refractivity contribution in [2.24, 2.45) is 5.92 Å². The van der Waals surface area contributed by atoms with E-state index in [4.69, 9.17) is 0 Å². The van der Waals surface area contributed by atoms with Crippen molar-refractivity contribution in [3.8, 4) is 0 Å². The molecule has 0 spiro atoms. The van der Waals surface area contributed by atoms with Crippen LogP contribution >= 0.6 is 0 Å². The average Bonchev–Trinajstić information content (AvgIpc) is 3.16. The Bertz CT molecular complexity index is 646. The van der Waals surface area contributed by atoms with Crippen molar-refractivity contribution < 1.29 is 4.79 Å². The molecule has 1 fully saturated rings. The largest absolute Gasteiger partial charge is 0.368 e. The zero-order chi connectivity index (χ0) is 14.2. The molecule has 0 radical (unpaired) electrons. The number of aromatic amines is 1. The number of anilines is 2. The first-order chi connectivity index (χ1) is 10.3. The summed E-state index contributed by atoms with van der Waals surface area (Å²) in [5, 5.41) is 0. The summed E-state index contributed by atoms with van der Waals surface area (Å²) in [6, 6.07) is 11.9. The van der Waals surface area contributed by atoms with Crippen molar-refractivity contribution in [3.05, 3.63) is 48.3 Å².